The summed E-state index contributed by atoms with van der Waals surface area (Å²) in [7, 11) is 0. The van der Waals surface area contributed by atoms with Gasteiger partial charge in [-0.3, -0.25) is 19.8 Å². The molecule has 2 aromatic carbocycles. The Hall–Kier alpha value is -3.51. The fourth-order valence-corrected chi connectivity index (χ4v) is 3.66. The van der Waals surface area contributed by atoms with Crippen molar-refractivity contribution in [3.63, 3.8) is 0 Å². The number of thiocarbonyl (C=S) groups is 1. The third kappa shape index (κ3) is 3.50. The normalized spacial score (nSPS) is 15.7. The predicted octanol–water partition coefficient (Wildman–Crippen LogP) is 3.87. The minimum absolute atomic E-state index is 0.0420. The standard InChI is InChI=1S/C23H19N3O2S/c1-2-16-9-6-7-13-20(16)26-22(28)19(21(27)24-23(26)29)15-18-12-8-14-25(18)17-10-4-3-5-11-17/h3-15H,2H2,1H3,(H,24,27,29). The van der Waals surface area contributed by atoms with Crippen molar-refractivity contribution >= 4 is 40.9 Å². The van der Waals surface area contributed by atoms with Gasteiger partial charge in [0.1, 0.15) is 5.57 Å². The molecule has 0 atom stereocenters. The number of para-hydroxylation sites is 2. The molecule has 1 N–H and O–H groups in total. The van der Waals surface area contributed by atoms with Crippen LogP contribution in [0, 0.1) is 0 Å². The van der Waals surface area contributed by atoms with Gasteiger partial charge in [-0.15, -0.1) is 0 Å². The lowest BCUT2D eigenvalue weighted by atomic mass is 10.1. The van der Waals surface area contributed by atoms with Gasteiger partial charge in [0, 0.05) is 17.6 Å². The molecule has 0 radical (unpaired) electrons. The van der Waals surface area contributed by atoms with Crippen LogP contribution in [-0.4, -0.2) is 21.5 Å². The van der Waals surface area contributed by atoms with Crippen LogP contribution < -0.4 is 10.2 Å². The summed E-state index contributed by atoms with van der Waals surface area (Å²) in [5, 5.41) is 2.75. The van der Waals surface area contributed by atoms with Crippen LogP contribution in [0.15, 0.2) is 78.5 Å². The first-order valence-electron chi connectivity index (χ1n) is 9.32. The summed E-state index contributed by atoms with van der Waals surface area (Å²) in [6.45, 7) is 2.01. The molecule has 0 unspecified atom stereocenters. The second kappa shape index (κ2) is 7.85. The zero-order valence-corrected chi connectivity index (χ0v) is 16.6. The van der Waals surface area contributed by atoms with Crippen molar-refractivity contribution in [2.45, 2.75) is 13.3 Å². The Morgan fingerprint density at radius 1 is 0.966 bits per heavy atom. The van der Waals surface area contributed by atoms with Crippen LogP contribution in [0.5, 0.6) is 0 Å². The molecule has 144 valence electrons. The lowest BCUT2D eigenvalue weighted by Crippen LogP contribution is -2.54. The number of aromatic nitrogens is 1. The number of nitrogens with one attached hydrogen (secondary N) is 1. The Morgan fingerprint density at radius 3 is 2.45 bits per heavy atom. The van der Waals surface area contributed by atoms with Gasteiger partial charge in [-0.25, -0.2) is 0 Å². The van der Waals surface area contributed by atoms with Crippen LogP contribution in [0.3, 0.4) is 0 Å². The Kier molecular flexibility index (Phi) is 5.10. The SMILES string of the molecule is CCc1ccccc1N1C(=O)C(=Cc2cccn2-c2ccccc2)C(=O)NC1=S. The van der Waals surface area contributed by atoms with Crippen molar-refractivity contribution in [2.24, 2.45) is 0 Å². The number of aryl methyl sites for hydroxylation is 1. The summed E-state index contributed by atoms with van der Waals surface area (Å²) < 4.78 is 1.92. The molecule has 1 fully saturated rings. The number of amides is 2. The first kappa shape index (κ1) is 18.8. The molecule has 2 heterocycles. The number of hydrogen-bond donors (Lipinski definition) is 1. The minimum Gasteiger partial charge on any atom is -0.317 e. The molecule has 4 rings (SSSR count). The number of benzene rings is 2. The van der Waals surface area contributed by atoms with Gasteiger partial charge in [0.05, 0.1) is 5.69 Å². The van der Waals surface area contributed by atoms with Gasteiger partial charge in [-0.2, -0.15) is 0 Å². The van der Waals surface area contributed by atoms with Gasteiger partial charge in [0.15, 0.2) is 5.11 Å². The second-order valence-corrected chi connectivity index (χ2v) is 6.97. The number of carbonyl (C=O) groups excluding carboxylic acids is 2. The molecular weight excluding hydrogens is 382 g/mol. The quantitative estimate of drug-likeness (QED) is 0.410. The number of anilines is 1. The van der Waals surface area contributed by atoms with E-state index in [1.165, 1.54) is 4.90 Å². The second-order valence-electron chi connectivity index (χ2n) is 6.58. The number of nitrogens with zero attached hydrogens (tertiary/aromatic N) is 2. The fourth-order valence-electron chi connectivity index (χ4n) is 3.39. The predicted molar refractivity (Wildman–Crippen MR) is 118 cm³/mol. The van der Waals surface area contributed by atoms with Crippen LogP contribution in [0.1, 0.15) is 18.2 Å². The van der Waals surface area contributed by atoms with E-state index < -0.39 is 11.8 Å². The topological polar surface area (TPSA) is 54.3 Å². The summed E-state index contributed by atoms with van der Waals surface area (Å²) in [6.07, 6.45) is 4.24. The van der Waals surface area contributed by atoms with Gasteiger partial charge < -0.3 is 4.57 Å². The molecule has 29 heavy (non-hydrogen) atoms. The molecule has 1 saturated heterocycles. The molecule has 3 aromatic rings. The van der Waals surface area contributed by atoms with Crippen molar-refractivity contribution < 1.29 is 9.59 Å². The zero-order chi connectivity index (χ0) is 20.4. The molecule has 5 nitrogen and oxygen atoms in total. The maximum absolute atomic E-state index is 13.3. The van der Waals surface area contributed by atoms with E-state index in [4.69, 9.17) is 12.2 Å². The van der Waals surface area contributed by atoms with Crippen LogP contribution in [-0.2, 0) is 16.0 Å². The summed E-state index contributed by atoms with van der Waals surface area (Å²) in [5.74, 6) is -0.925. The van der Waals surface area contributed by atoms with Crippen molar-refractivity contribution in [2.75, 3.05) is 4.90 Å². The van der Waals surface area contributed by atoms with Gasteiger partial charge in [0.25, 0.3) is 11.8 Å². The molecule has 0 spiro atoms. The van der Waals surface area contributed by atoms with Crippen molar-refractivity contribution in [1.82, 2.24) is 9.88 Å². The van der Waals surface area contributed by atoms with E-state index in [1.54, 1.807) is 6.08 Å². The fraction of sp³-hybridized carbons (Fsp3) is 0.0870. The van der Waals surface area contributed by atoms with Gasteiger partial charge in [0.2, 0.25) is 0 Å². The molecule has 0 aliphatic carbocycles. The maximum atomic E-state index is 13.3. The average molecular weight is 401 g/mol. The molecule has 0 saturated carbocycles. The summed E-state index contributed by atoms with van der Waals surface area (Å²) in [6, 6.07) is 21.0. The minimum atomic E-state index is -0.494. The van der Waals surface area contributed by atoms with Crippen LogP contribution in [0.2, 0.25) is 0 Å². The van der Waals surface area contributed by atoms with Crippen molar-refractivity contribution in [3.8, 4) is 5.69 Å². The van der Waals surface area contributed by atoms with E-state index >= 15 is 0 Å². The van der Waals surface area contributed by atoms with E-state index in [9.17, 15) is 9.59 Å². The lowest BCUT2D eigenvalue weighted by Gasteiger charge is -2.30. The number of carbonyl (C=O) groups is 2. The Bertz CT molecular complexity index is 1130. The van der Waals surface area contributed by atoms with E-state index in [0.717, 1.165) is 23.4 Å². The van der Waals surface area contributed by atoms with Crippen molar-refractivity contribution in [3.05, 3.63) is 89.8 Å². The smallest absolute Gasteiger partial charge is 0.270 e. The third-order valence-electron chi connectivity index (χ3n) is 4.82. The zero-order valence-electron chi connectivity index (χ0n) is 15.8. The highest BCUT2D eigenvalue weighted by Gasteiger charge is 2.35. The monoisotopic (exact) mass is 401 g/mol. The first-order valence-corrected chi connectivity index (χ1v) is 9.73. The molecule has 6 heteroatoms. The molecule has 1 aromatic heterocycles. The number of rotatable bonds is 4. The van der Waals surface area contributed by atoms with Gasteiger partial charge >= 0.3 is 0 Å². The number of hydrogen-bond acceptors (Lipinski definition) is 3. The highest BCUT2D eigenvalue weighted by molar-refractivity contribution is 7.80. The lowest BCUT2D eigenvalue weighted by molar-refractivity contribution is -0.122. The Labute approximate surface area is 174 Å². The van der Waals surface area contributed by atoms with Crippen LogP contribution in [0.25, 0.3) is 11.8 Å². The Balaban J connectivity index is 1.77. The average Bonchev–Trinajstić information content (AvgIpc) is 3.20. The van der Waals surface area contributed by atoms with E-state index in [1.807, 2.05) is 84.4 Å². The maximum Gasteiger partial charge on any atom is 0.270 e. The van der Waals surface area contributed by atoms with Gasteiger partial charge in [-0.1, -0.05) is 43.3 Å². The summed E-state index contributed by atoms with van der Waals surface area (Å²) in [5.41, 5.74) is 3.38. The van der Waals surface area contributed by atoms with Crippen LogP contribution in [0.4, 0.5) is 5.69 Å². The molecule has 2 amide bonds. The highest BCUT2D eigenvalue weighted by atomic mass is 32.1. The molecule has 0 bridgehead atoms. The first-order chi connectivity index (χ1) is 14.1. The highest BCUT2D eigenvalue weighted by Crippen LogP contribution is 2.26. The third-order valence-corrected chi connectivity index (χ3v) is 5.11. The van der Waals surface area contributed by atoms with Crippen molar-refractivity contribution in [1.29, 1.82) is 0 Å². The summed E-state index contributed by atoms with van der Waals surface area (Å²) >= 11 is 5.31. The largest absolute Gasteiger partial charge is 0.317 e. The van der Waals surface area contributed by atoms with Gasteiger partial charge in [-0.05, 0) is 60.6 Å². The molecule has 1 aliphatic heterocycles. The van der Waals surface area contributed by atoms with E-state index in [-0.39, 0.29) is 10.7 Å². The molecular formula is C23H19N3O2S. The Morgan fingerprint density at radius 2 is 1.69 bits per heavy atom. The molecule has 1 aliphatic rings. The van der Waals surface area contributed by atoms with Crippen LogP contribution >= 0.6 is 12.2 Å². The van der Waals surface area contributed by atoms with E-state index in [0.29, 0.717) is 5.69 Å². The summed E-state index contributed by atoms with van der Waals surface area (Å²) in [4.78, 5) is 27.3. The van der Waals surface area contributed by atoms with E-state index in [2.05, 4.69) is 5.32 Å².